The third-order valence-corrected chi connectivity index (χ3v) is 5.55. The summed E-state index contributed by atoms with van der Waals surface area (Å²) in [5.74, 6) is -1.25. The predicted molar refractivity (Wildman–Crippen MR) is 96.4 cm³/mol. The molecule has 2 N–H and O–H groups in total. The van der Waals surface area contributed by atoms with Crippen molar-refractivity contribution in [2.45, 2.75) is 11.1 Å². The number of carbonyl (C=O) groups is 1. The van der Waals surface area contributed by atoms with Crippen molar-refractivity contribution in [3.05, 3.63) is 52.9 Å². The molecular weight excluding hydrogens is 467 g/mol. The Morgan fingerprint density at radius 1 is 1.25 bits per heavy atom. The number of ether oxygens (including phenoxy) is 1. The summed E-state index contributed by atoms with van der Waals surface area (Å²) in [6.07, 6.45) is -2.37. The number of hydrogen-bond donors (Lipinski definition) is 2. The number of aromatic amines is 1. The van der Waals surface area contributed by atoms with Gasteiger partial charge in [0.25, 0.3) is 15.9 Å². The van der Waals surface area contributed by atoms with E-state index in [1.165, 1.54) is 6.20 Å². The number of para-hydroxylation sites is 1. The summed E-state index contributed by atoms with van der Waals surface area (Å²) in [4.78, 5) is 18.5. The number of pyridine rings is 1. The van der Waals surface area contributed by atoms with Gasteiger partial charge in [-0.1, -0.05) is 12.1 Å². The molecule has 0 aliphatic rings. The maximum absolute atomic E-state index is 12.5. The van der Waals surface area contributed by atoms with Crippen LogP contribution in [0.4, 0.5) is 13.2 Å². The van der Waals surface area contributed by atoms with E-state index in [2.05, 4.69) is 30.6 Å². The van der Waals surface area contributed by atoms with E-state index in [-0.39, 0.29) is 16.3 Å². The summed E-state index contributed by atoms with van der Waals surface area (Å²) >= 11 is 3.29. The standard InChI is InChI=1S/C16H11BrF3N3O4S/c17-11-3-1-2-10-13(7-22-14(10)11)28(25,26)23-15(24)12-5-4-9(6-21-12)27-8-16(18,19)20/h1-7,22H,8H2,(H,23,24). The highest BCUT2D eigenvalue weighted by molar-refractivity contribution is 9.10. The molecule has 0 fully saturated rings. The van der Waals surface area contributed by atoms with E-state index >= 15 is 0 Å². The van der Waals surface area contributed by atoms with Crippen LogP contribution in [0, 0.1) is 0 Å². The molecule has 0 bridgehead atoms. The number of nitrogens with one attached hydrogen (secondary N) is 2. The monoisotopic (exact) mass is 477 g/mol. The van der Waals surface area contributed by atoms with Gasteiger partial charge in [-0.3, -0.25) is 4.79 Å². The highest BCUT2D eigenvalue weighted by Gasteiger charge is 2.28. The predicted octanol–water partition coefficient (Wildman–Crippen LogP) is 3.39. The lowest BCUT2D eigenvalue weighted by Crippen LogP contribution is -2.31. The highest BCUT2D eigenvalue weighted by atomic mass is 79.9. The van der Waals surface area contributed by atoms with Crippen molar-refractivity contribution in [1.82, 2.24) is 14.7 Å². The highest BCUT2D eigenvalue weighted by Crippen LogP contribution is 2.28. The first kappa shape index (κ1) is 20.1. The van der Waals surface area contributed by atoms with Gasteiger partial charge in [-0.15, -0.1) is 0 Å². The summed E-state index contributed by atoms with van der Waals surface area (Å²) in [5, 5.41) is 0.374. The van der Waals surface area contributed by atoms with E-state index in [0.29, 0.717) is 15.4 Å². The number of carbonyl (C=O) groups excluding carboxylic acids is 1. The molecule has 148 valence electrons. The number of sulfonamides is 1. The Morgan fingerprint density at radius 3 is 2.64 bits per heavy atom. The molecule has 2 heterocycles. The van der Waals surface area contributed by atoms with E-state index in [1.807, 2.05) is 4.72 Å². The lowest BCUT2D eigenvalue weighted by molar-refractivity contribution is -0.153. The molecule has 3 aromatic rings. The molecule has 0 aliphatic heterocycles. The van der Waals surface area contributed by atoms with Crippen LogP contribution in [0.15, 0.2) is 52.1 Å². The lowest BCUT2D eigenvalue weighted by atomic mass is 10.2. The molecule has 0 saturated carbocycles. The third-order valence-electron chi connectivity index (χ3n) is 3.51. The van der Waals surface area contributed by atoms with Crippen LogP contribution in [0.3, 0.4) is 0 Å². The van der Waals surface area contributed by atoms with Crippen molar-refractivity contribution in [2.75, 3.05) is 6.61 Å². The first-order valence-electron chi connectivity index (χ1n) is 7.55. The van der Waals surface area contributed by atoms with E-state index < -0.39 is 28.7 Å². The number of aromatic nitrogens is 2. The summed E-state index contributed by atoms with van der Waals surface area (Å²) in [6.45, 7) is -1.51. The molecule has 28 heavy (non-hydrogen) atoms. The van der Waals surface area contributed by atoms with Gasteiger partial charge in [0.2, 0.25) is 0 Å². The number of nitrogens with zero attached hydrogens (tertiary/aromatic N) is 1. The number of rotatable bonds is 5. The van der Waals surface area contributed by atoms with Crippen molar-refractivity contribution >= 4 is 42.8 Å². The number of alkyl halides is 3. The Kier molecular flexibility index (Phi) is 5.35. The molecule has 3 rings (SSSR count). The number of fused-ring (bicyclic) bond motifs is 1. The van der Waals surface area contributed by atoms with E-state index in [9.17, 15) is 26.4 Å². The number of amides is 1. The Hall–Kier alpha value is -2.60. The van der Waals surface area contributed by atoms with Gasteiger partial charge in [-0.2, -0.15) is 13.2 Å². The van der Waals surface area contributed by atoms with Gasteiger partial charge in [0.1, 0.15) is 16.3 Å². The zero-order chi connectivity index (χ0) is 20.5. The quantitative estimate of drug-likeness (QED) is 0.586. The van der Waals surface area contributed by atoms with Crippen LogP contribution in [-0.4, -0.2) is 37.1 Å². The number of H-pyrrole nitrogens is 1. The zero-order valence-electron chi connectivity index (χ0n) is 13.7. The van der Waals surface area contributed by atoms with Gasteiger partial charge in [-0.05, 0) is 34.1 Å². The SMILES string of the molecule is O=C(NS(=O)(=O)c1c[nH]c2c(Br)cccc12)c1ccc(OCC(F)(F)F)cn1. The van der Waals surface area contributed by atoms with Crippen molar-refractivity contribution in [2.24, 2.45) is 0 Å². The van der Waals surface area contributed by atoms with Gasteiger partial charge in [0, 0.05) is 16.1 Å². The van der Waals surface area contributed by atoms with Crippen molar-refractivity contribution < 1.29 is 31.1 Å². The van der Waals surface area contributed by atoms with E-state index in [1.54, 1.807) is 18.2 Å². The van der Waals surface area contributed by atoms with Crippen molar-refractivity contribution in [1.29, 1.82) is 0 Å². The maximum atomic E-state index is 12.5. The smallest absolute Gasteiger partial charge is 0.422 e. The van der Waals surface area contributed by atoms with E-state index in [4.69, 9.17) is 0 Å². The first-order chi connectivity index (χ1) is 13.1. The molecule has 12 heteroatoms. The minimum Gasteiger partial charge on any atom is -0.483 e. The van der Waals surface area contributed by atoms with Gasteiger partial charge >= 0.3 is 6.18 Å². The first-order valence-corrected chi connectivity index (χ1v) is 9.83. The number of hydrogen-bond acceptors (Lipinski definition) is 5. The van der Waals surface area contributed by atoms with Gasteiger partial charge < -0.3 is 9.72 Å². The number of halogens is 4. The average Bonchev–Trinajstić information content (AvgIpc) is 3.06. The van der Waals surface area contributed by atoms with Gasteiger partial charge in [0.15, 0.2) is 6.61 Å². The Bertz CT molecular complexity index is 1130. The molecule has 0 saturated heterocycles. The molecule has 1 amide bonds. The van der Waals surface area contributed by atoms with Crippen LogP contribution in [0.25, 0.3) is 10.9 Å². The molecule has 1 aromatic carbocycles. The fraction of sp³-hybridized carbons (Fsp3) is 0.125. The second-order valence-electron chi connectivity index (χ2n) is 5.53. The lowest BCUT2D eigenvalue weighted by Gasteiger charge is -2.09. The molecule has 0 atom stereocenters. The Balaban J connectivity index is 1.77. The fourth-order valence-corrected chi connectivity index (χ4v) is 3.92. The number of benzene rings is 1. The molecule has 2 aromatic heterocycles. The second kappa shape index (κ2) is 7.43. The minimum absolute atomic E-state index is 0.137. The maximum Gasteiger partial charge on any atom is 0.422 e. The molecule has 0 unspecified atom stereocenters. The molecule has 0 spiro atoms. The Labute approximate surface area is 165 Å². The topological polar surface area (TPSA) is 101 Å². The molecule has 0 radical (unpaired) electrons. The summed E-state index contributed by atoms with van der Waals surface area (Å²) in [7, 11) is -4.22. The second-order valence-corrected chi connectivity index (χ2v) is 8.04. The van der Waals surface area contributed by atoms with Crippen LogP contribution in [-0.2, 0) is 10.0 Å². The normalized spacial score (nSPS) is 12.1. The van der Waals surface area contributed by atoms with Crippen LogP contribution < -0.4 is 9.46 Å². The zero-order valence-corrected chi connectivity index (χ0v) is 16.2. The van der Waals surface area contributed by atoms with Crippen LogP contribution in [0.1, 0.15) is 10.5 Å². The summed E-state index contributed by atoms with van der Waals surface area (Å²) in [5.41, 5.74) is 0.239. The minimum atomic E-state index is -4.52. The van der Waals surface area contributed by atoms with Gasteiger partial charge in [-0.25, -0.2) is 18.1 Å². The molecule has 7 nitrogen and oxygen atoms in total. The van der Waals surface area contributed by atoms with Crippen LogP contribution >= 0.6 is 15.9 Å². The fourth-order valence-electron chi connectivity index (χ4n) is 2.31. The van der Waals surface area contributed by atoms with Crippen molar-refractivity contribution in [3.8, 4) is 5.75 Å². The molecule has 0 aliphatic carbocycles. The van der Waals surface area contributed by atoms with E-state index in [0.717, 1.165) is 18.3 Å². The van der Waals surface area contributed by atoms with Crippen LogP contribution in [0.5, 0.6) is 5.75 Å². The molecular formula is C16H11BrF3N3O4S. The largest absolute Gasteiger partial charge is 0.483 e. The summed E-state index contributed by atoms with van der Waals surface area (Å²) < 4.78 is 68.4. The van der Waals surface area contributed by atoms with Crippen LogP contribution in [0.2, 0.25) is 0 Å². The third kappa shape index (κ3) is 4.44. The summed E-state index contributed by atoms with van der Waals surface area (Å²) in [6, 6.07) is 7.08. The Morgan fingerprint density at radius 2 is 2.00 bits per heavy atom. The van der Waals surface area contributed by atoms with Crippen molar-refractivity contribution in [3.63, 3.8) is 0 Å². The van der Waals surface area contributed by atoms with Gasteiger partial charge in [0.05, 0.1) is 11.7 Å². The average molecular weight is 478 g/mol.